The van der Waals surface area contributed by atoms with Gasteiger partial charge in [0.2, 0.25) is 0 Å². The van der Waals surface area contributed by atoms with Crippen molar-refractivity contribution in [3.63, 3.8) is 0 Å². The summed E-state index contributed by atoms with van der Waals surface area (Å²) >= 11 is 1.37. The van der Waals surface area contributed by atoms with E-state index in [-0.39, 0.29) is 5.91 Å². The van der Waals surface area contributed by atoms with Gasteiger partial charge in [0.25, 0.3) is 5.91 Å². The third kappa shape index (κ3) is 2.84. The number of carbonyl (C=O) groups is 1. The van der Waals surface area contributed by atoms with Gasteiger partial charge in [-0.1, -0.05) is 11.3 Å². The predicted molar refractivity (Wildman–Crippen MR) is 81.1 cm³/mol. The number of nitrogens with zero attached hydrogens (tertiary/aromatic N) is 4. The second-order valence-electron chi connectivity index (χ2n) is 4.60. The van der Waals surface area contributed by atoms with Gasteiger partial charge in [0.15, 0.2) is 5.13 Å². The van der Waals surface area contributed by atoms with Gasteiger partial charge < -0.3 is 15.6 Å². The van der Waals surface area contributed by atoms with Gasteiger partial charge in [-0.15, -0.1) is 10.2 Å². The highest BCUT2D eigenvalue weighted by Gasteiger charge is 2.09. The molecule has 2 aromatic heterocycles. The lowest BCUT2D eigenvalue weighted by Gasteiger charge is -2.05. The van der Waals surface area contributed by atoms with Gasteiger partial charge in [0.1, 0.15) is 12.2 Å². The quantitative estimate of drug-likeness (QED) is 0.748. The highest BCUT2D eigenvalue weighted by molar-refractivity contribution is 7.22. The molecule has 7 nitrogen and oxygen atoms in total. The van der Waals surface area contributed by atoms with Gasteiger partial charge in [-0.05, 0) is 18.2 Å². The summed E-state index contributed by atoms with van der Waals surface area (Å²) < 4.78 is 2.74. The SMILES string of the molecule is Cn1cnnc1CCNC(=O)c1ccc2nc(N)sc2c1. The Morgan fingerprint density at radius 3 is 3.10 bits per heavy atom. The Kier molecular flexibility index (Phi) is 3.53. The van der Waals surface area contributed by atoms with E-state index in [1.165, 1.54) is 11.3 Å². The Morgan fingerprint density at radius 2 is 2.33 bits per heavy atom. The molecule has 21 heavy (non-hydrogen) atoms. The fraction of sp³-hybridized carbons (Fsp3) is 0.231. The molecule has 0 aliphatic rings. The number of benzene rings is 1. The molecule has 108 valence electrons. The summed E-state index contributed by atoms with van der Waals surface area (Å²) in [5, 5.41) is 11.1. The molecule has 0 atom stereocenters. The van der Waals surface area contributed by atoms with Crippen molar-refractivity contribution >= 4 is 32.6 Å². The zero-order valence-corrected chi connectivity index (χ0v) is 12.2. The van der Waals surface area contributed by atoms with E-state index in [1.54, 1.807) is 24.5 Å². The maximum absolute atomic E-state index is 12.1. The number of aryl methyl sites for hydroxylation is 1. The van der Waals surface area contributed by atoms with E-state index in [9.17, 15) is 4.79 Å². The van der Waals surface area contributed by atoms with Crippen LogP contribution in [0.25, 0.3) is 10.2 Å². The molecule has 3 rings (SSSR count). The van der Waals surface area contributed by atoms with Gasteiger partial charge in [-0.2, -0.15) is 0 Å². The second kappa shape index (κ2) is 5.49. The number of hydrogen-bond acceptors (Lipinski definition) is 6. The summed E-state index contributed by atoms with van der Waals surface area (Å²) in [5.41, 5.74) is 7.07. The number of anilines is 1. The zero-order valence-electron chi connectivity index (χ0n) is 11.4. The van der Waals surface area contributed by atoms with E-state index in [0.29, 0.717) is 23.7 Å². The number of nitrogen functional groups attached to an aromatic ring is 1. The summed E-state index contributed by atoms with van der Waals surface area (Å²) in [4.78, 5) is 16.3. The number of nitrogens with two attached hydrogens (primary N) is 1. The second-order valence-corrected chi connectivity index (χ2v) is 5.66. The van der Waals surface area contributed by atoms with Gasteiger partial charge >= 0.3 is 0 Å². The molecule has 0 radical (unpaired) electrons. The number of fused-ring (bicyclic) bond motifs is 1. The average Bonchev–Trinajstić information content (AvgIpc) is 3.02. The zero-order chi connectivity index (χ0) is 14.8. The first-order valence-electron chi connectivity index (χ1n) is 6.40. The number of thiazole rings is 1. The lowest BCUT2D eigenvalue weighted by atomic mass is 10.2. The highest BCUT2D eigenvalue weighted by atomic mass is 32.1. The van der Waals surface area contributed by atoms with E-state index in [0.717, 1.165) is 16.0 Å². The van der Waals surface area contributed by atoms with Crippen LogP contribution in [0, 0.1) is 0 Å². The molecule has 0 bridgehead atoms. The minimum Gasteiger partial charge on any atom is -0.375 e. The lowest BCUT2D eigenvalue weighted by molar-refractivity contribution is 0.0954. The molecule has 0 aliphatic heterocycles. The summed E-state index contributed by atoms with van der Waals surface area (Å²) in [5.74, 6) is 0.715. The van der Waals surface area contributed by atoms with E-state index in [2.05, 4.69) is 20.5 Å². The third-order valence-electron chi connectivity index (χ3n) is 3.11. The standard InChI is InChI=1S/C13H14N6OS/c1-19-7-16-18-11(19)4-5-15-12(20)8-2-3-9-10(6-8)21-13(14)17-9/h2-3,6-7H,4-5H2,1H3,(H2,14,17)(H,15,20). The van der Waals surface area contributed by atoms with Crippen molar-refractivity contribution in [1.82, 2.24) is 25.1 Å². The number of aromatic nitrogens is 4. The summed E-state index contributed by atoms with van der Waals surface area (Å²) in [6.07, 6.45) is 2.28. The van der Waals surface area contributed by atoms with Crippen molar-refractivity contribution in [1.29, 1.82) is 0 Å². The van der Waals surface area contributed by atoms with E-state index in [1.807, 2.05) is 11.6 Å². The molecule has 0 saturated carbocycles. The fourth-order valence-corrected chi connectivity index (χ4v) is 2.78. The van der Waals surface area contributed by atoms with Gasteiger partial charge in [0, 0.05) is 25.6 Å². The molecule has 1 amide bonds. The number of hydrogen-bond donors (Lipinski definition) is 2. The van der Waals surface area contributed by atoms with E-state index in [4.69, 9.17) is 5.73 Å². The molecule has 1 aromatic carbocycles. The minimum atomic E-state index is -0.119. The molecule has 8 heteroatoms. The van der Waals surface area contributed by atoms with Crippen LogP contribution in [0.3, 0.4) is 0 Å². The van der Waals surface area contributed by atoms with Crippen molar-refractivity contribution in [3.05, 3.63) is 35.9 Å². The van der Waals surface area contributed by atoms with Crippen molar-refractivity contribution in [2.75, 3.05) is 12.3 Å². The van der Waals surface area contributed by atoms with Crippen LogP contribution in [0.2, 0.25) is 0 Å². The Morgan fingerprint density at radius 1 is 1.48 bits per heavy atom. The van der Waals surface area contributed by atoms with E-state index < -0.39 is 0 Å². The van der Waals surface area contributed by atoms with Gasteiger partial charge in [-0.25, -0.2) is 4.98 Å². The molecule has 3 N–H and O–H groups in total. The van der Waals surface area contributed by atoms with Crippen LogP contribution >= 0.6 is 11.3 Å². The minimum absolute atomic E-state index is 0.119. The van der Waals surface area contributed by atoms with Crippen LogP contribution in [0.5, 0.6) is 0 Å². The maximum Gasteiger partial charge on any atom is 0.251 e. The summed E-state index contributed by atoms with van der Waals surface area (Å²) in [6, 6.07) is 5.36. The van der Waals surface area contributed by atoms with Crippen LogP contribution < -0.4 is 11.1 Å². The van der Waals surface area contributed by atoms with Crippen LogP contribution in [-0.2, 0) is 13.5 Å². The largest absolute Gasteiger partial charge is 0.375 e. The molecule has 3 aromatic rings. The van der Waals surface area contributed by atoms with Crippen LogP contribution in [0.1, 0.15) is 16.2 Å². The predicted octanol–water partition coefficient (Wildman–Crippen LogP) is 0.979. The molecular formula is C13H14N6OS. The summed E-state index contributed by atoms with van der Waals surface area (Å²) in [7, 11) is 1.87. The molecule has 0 aliphatic carbocycles. The Balaban J connectivity index is 1.65. The number of nitrogens with one attached hydrogen (secondary N) is 1. The monoisotopic (exact) mass is 302 g/mol. The normalized spacial score (nSPS) is 10.9. The Labute approximate surface area is 124 Å². The van der Waals surface area contributed by atoms with Crippen LogP contribution in [0.4, 0.5) is 5.13 Å². The molecule has 0 saturated heterocycles. The van der Waals surface area contributed by atoms with E-state index >= 15 is 0 Å². The Bertz CT molecular complexity index is 793. The third-order valence-corrected chi connectivity index (χ3v) is 3.95. The van der Waals surface area contributed by atoms with Gasteiger partial charge in [0.05, 0.1) is 10.2 Å². The van der Waals surface area contributed by atoms with Gasteiger partial charge in [-0.3, -0.25) is 4.79 Å². The highest BCUT2D eigenvalue weighted by Crippen LogP contribution is 2.24. The summed E-state index contributed by atoms with van der Waals surface area (Å²) in [6.45, 7) is 0.508. The van der Waals surface area contributed by atoms with Crippen LogP contribution in [0.15, 0.2) is 24.5 Å². The number of rotatable bonds is 4. The molecule has 0 unspecified atom stereocenters. The molecular weight excluding hydrogens is 288 g/mol. The first-order chi connectivity index (χ1) is 10.1. The molecule has 0 fully saturated rings. The molecule has 0 spiro atoms. The first kappa shape index (κ1) is 13.5. The Hall–Kier alpha value is -2.48. The topological polar surface area (TPSA) is 98.7 Å². The number of amides is 1. The molecule has 2 heterocycles. The lowest BCUT2D eigenvalue weighted by Crippen LogP contribution is -2.26. The fourth-order valence-electron chi connectivity index (χ4n) is 2.01. The number of carbonyl (C=O) groups excluding carboxylic acids is 1. The smallest absolute Gasteiger partial charge is 0.251 e. The van der Waals surface area contributed by atoms with Crippen LogP contribution in [-0.4, -0.2) is 32.2 Å². The first-order valence-corrected chi connectivity index (χ1v) is 7.22. The van der Waals surface area contributed by atoms with Crippen molar-refractivity contribution in [2.45, 2.75) is 6.42 Å². The average molecular weight is 302 g/mol. The van der Waals surface area contributed by atoms with Crippen molar-refractivity contribution in [2.24, 2.45) is 7.05 Å². The maximum atomic E-state index is 12.1. The van der Waals surface area contributed by atoms with Crippen molar-refractivity contribution < 1.29 is 4.79 Å². The van der Waals surface area contributed by atoms with Crippen molar-refractivity contribution in [3.8, 4) is 0 Å².